The van der Waals surface area contributed by atoms with Gasteiger partial charge in [-0.2, -0.15) is 0 Å². The Morgan fingerprint density at radius 1 is 0.581 bits per heavy atom. The number of halogens is 2. The average Bonchev–Trinajstić information content (AvgIpc) is 3.80. The maximum absolute atomic E-state index is 15.0. The number of para-hydroxylation sites is 1. The monoisotopic (exact) mass is 1050 g/mol. The largest absolute Gasteiger partial charge is 0.481 e. The van der Waals surface area contributed by atoms with Gasteiger partial charge in [-0.25, -0.2) is 13.8 Å². The zero-order valence-corrected chi connectivity index (χ0v) is 41.1. The summed E-state index contributed by atoms with van der Waals surface area (Å²) in [5.74, 6) is -12.7. The van der Waals surface area contributed by atoms with Gasteiger partial charge in [0.15, 0.2) is 5.01 Å². The Morgan fingerprint density at radius 2 is 1.07 bits per heavy atom. The molecule has 5 rings (SSSR count). The maximum atomic E-state index is 15.0. The van der Waals surface area contributed by atoms with Crippen LogP contribution in [0, 0.1) is 5.92 Å². The summed E-state index contributed by atoms with van der Waals surface area (Å²) < 4.78 is 28.8. The summed E-state index contributed by atoms with van der Waals surface area (Å²) in [7, 11) is 0. The predicted molar refractivity (Wildman–Crippen MR) is 264 cm³/mol. The summed E-state index contributed by atoms with van der Waals surface area (Å²) in [6.07, 6.45) is -3.88. The Hall–Kier alpha value is -7.69. The minimum atomic E-state index is -3.05. The summed E-state index contributed by atoms with van der Waals surface area (Å²) in [6, 6.07) is 12.9. The highest BCUT2D eigenvalue weighted by atomic mass is 32.1. The van der Waals surface area contributed by atoms with Gasteiger partial charge in [0, 0.05) is 32.1 Å². The molecule has 0 aliphatic heterocycles. The molecule has 6 amide bonds. The van der Waals surface area contributed by atoms with Gasteiger partial charge in [0.25, 0.3) is 0 Å². The Labute approximate surface area is 427 Å². The lowest BCUT2D eigenvalue weighted by Gasteiger charge is -2.32. The number of carboxylic acid groups (broad SMARTS) is 3. The second-order valence-corrected chi connectivity index (χ2v) is 19.0. The van der Waals surface area contributed by atoms with E-state index in [4.69, 9.17) is 0 Å². The summed E-state index contributed by atoms with van der Waals surface area (Å²) in [4.78, 5) is 137. The number of carboxylic acids is 3. The van der Waals surface area contributed by atoms with Crippen LogP contribution in [-0.4, -0.2) is 122 Å². The molecule has 74 heavy (non-hydrogen) atoms. The van der Waals surface area contributed by atoms with Crippen LogP contribution in [0.4, 0.5) is 8.78 Å². The van der Waals surface area contributed by atoms with Gasteiger partial charge in [-0.3, -0.25) is 47.9 Å². The van der Waals surface area contributed by atoms with Crippen molar-refractivity contribution in [1.82, 2.24) is 36.9 Å². The molecule has 20 nitrogen and oxygen atoms in total. The molecule has 1 unspecified atom stereocenters. The van der Waals surface area contributed by atoms with Crippen LogP contribution in [-0.2, 0) is 43.2 Å². The van der Waals surface area contributed by atoms with Gasteiger partial charge in [-0.15, -0.1) is 11.3 Å². The lowest BCUT2D eigenvalue weighted by atomic mass is 9.84. The van der Waals surface area contributed by atoms with Crippen LogP contribution in [0.15, 0.2) is 84.9 Å². The first-order chi connectivity index (χ1) is 35.3. The van der Waals surface area contributed by atoms with Crippen molar-refractivity contribution in [3.63, 3.8) is 0 Å². The van der Waals surface area contributed by atoms with Gasteiger partial charge in [0.1, 0.15) is 36.3 Å². The predicted octanol–water partition coefficient (Wildman–Crippen LogP) is 4.07. The molecule has 0 spiro atoms. The molecule has 9 N–H and O–H groups in total. The Bertz CT molecular complexity index is 2550. The van der Waals surface area contributed by atoms with E-state index < -0.39 is 146 Å². The Morgan fingerprint density at radius 3 is 1.59 bits per heavy atom. The quantitative estimate of drug-likeness (QED) is 0.0363. The van der Waals surface area contributed by atoms with Gasteiger partial charge < -0.3 is 47.2 Å². The van der Waals surface area contributed by atoms with Gasteiger partial charge in [-0.05, 0) is 48.4 Å². The van der Waals surface area contributed by atoms with E-state index in [0.29, 0.717) is 34.2 Å². The molecule has 6 atom stereocenters. The van der Waals surface area contributed by atoms with E-state index in [2.05, 4.69) is 36.9 Å². The van der Waals surface area contributed by atoms with Crippen molar-refractivity contribution in [1.29, 1.82) is 0 Å². The third kappa shape index (κ3) is 17.5. The third-order valence-electron chi connectivity index (χ3n) is 12.3. The lowest BCUT2D eigenvalue weighted by Crippen LogP contribution is -2.61. The van der Waals surface area contributed by atoms with Crippen LogP contribution in [0.5, 0.6) is 0 Å². The van der Waals surface area contributed by atoms with Crippen LogP contribution in [0.25, 0.3) is 10.2 Å². The number of hydrogen-bond donors (Lipinski definition) is 9. The van der Waals surface area contributed by atoms with E-state index in [-0.39, 0.29) is 17.3 Å². The molecule has 1 fully saturated rings. The standard InChI is InChI=1S/C51H59F2N7O13S/c1-28(61)54-37(27-42(66)67)49(72)55-34(22-24-41(64)65)47(70)60-44(43(30-15-7-3-8-16-30)31-17-9-4-10-18-31)50(73)56-33(21-23-40(62)63)46(69)58-36(25-29-13-5-2-6-14-29)48(71)57-35(26-39(52)53)45(68)51-59-32-19-11-12-20-38(32)74-51/h3-4,7-12,15-20,29,33-37,39,43-44H,2,5-6,13-14,21-27H2,1H3,(H,54,61)(H,55,72)(H,56,73)(H,57,71)(H,58,69)(H,60,70)(H,62,63)(H,64,65)(H,66,67)/t33-,34-,35?,36-,37-,44-/m0/s1. The molecule has 1 saturated carbocycles. The van der Waals surface area contributed by atoms with E-state index in [1.165, 1.54) is 0 Å². The first-order valence-corrected chi connectivity index (χ1v) is 24.8. The van der Waals surface area contributed by atoms with Gasteiger partial charge in [-0.1, -0.05) is 105 Å². The number of nitrogens with one attached hydrogen (secondary N) is 6. The van der Waals surface area contributed by atoms with Gasteiger partial charge in [0.2, 0.25) is 47.7 Å². The number of alkyl halides is 2. The molecule has 4 aromatic rings. The van der Waals surface area contributed by atoms with Crippen molar-refractivity contribution in [2.75, 3.05) is 0 Å². The molecule has 0 saturated heterocycles. The molecular formula is C51H59F2N7O13S. The topological polar surface area (TPSA) is 316 Å². The van der Waals surface area contributed by atoms with Gasteiger partial charge in [0.05, 0.1) is 16.6 Å². The minimum absolute atomic E-state index is 0.0185. The lowest BCUT2D eigenvalue weighted by molar-refractivity contribution is -0.141. The van der Waals surface area contributed by atoms with Gasteiger partial charge >= 0.3 is 17.9 Å². The molecule has 1 aromatic heterocycles. The van der Waals surface area contributed by atoms with Crippen molar-refractivity contribution >= 4 is 80.7 Å². The number of ketones is 1. The number of carbonyl (C=O) groups is 10. The van der Waals surface area contributed by atoms with E-state index in [9.17, 15) is 67.3 Å². The Balaban J connectivity index is 1.51. The smallest absolute Gasteiger partial charge is 0.305 e. The molecule has 1 heterocycles. The SMILES string of the molecule is CC(=O)N[C@@H](CC(=O)O)C(=O)N[C@@H](CCC(=O)O)C(=O)N[C@H](C(=O)N[C@@H](CCC(=O)O)C(=O)N[C@@H](CC1CCCCC1)C(=O)NC(CC(F)F)C(=O)c1nc2ccccc2s1)C(c1ccccc1)c1ccccc1. The number of benzene rings is 3. The number of carbonyl (C=O) groups excluding carboxylic acids is 7. The highest BCUT2D eigenvalue weighted by Gasteiger charge is 2.39. The van der Waals surface area contributed by atoms with Crippen molar-refractivity contribution in [2.24, 2.45) is 5.92 Å². The molecule has 396 valence electrons. The fourth-order valence-corrected chi connectivity index (χ4v) is 9.72. The molecule has 23 heteroatoms. The van der Waals surface area contributed by atoms with Crippen LogP contribution < -0.4 is 31.9 Å². The number of amides is 6. The highest BCUT2D eigenvalue weighted by molar-refractivity contribution is 7.20. The number of hydrogen-bond acceptors (Lipinski definition) is 12. The molecule has 0 radical (unpaired) electrons. The van der Waals surface area contributed by atoms with E-state index in [1.807, 2.05) is 0 Å². The minimum Gasteiger partial charge on any atom is -0.481 e. The zero-order valence-electron chi connectivity index (χ0n) is 40.3. The normalized spacial score (nSPS) is 15.1. The number of aromatic nitrogens is 1. The fraction of sp³-hybridized carbons (Fsp3) is 0.431. The zero-order chi connectivity index (χ0) is 53.9. The van der Waals surface area contributed by atoms with Crippen LogP contribution >= 0.6 is 11.3 Å². The summed E-state index contributed by atoms with van der Waals surface area (Å²) in [5.41, 5.74) is 1.29. The molecule has 3 aromatic carbocycles. The van der Waals surface area contributed by atoms with Crippen molar-refractivity contribution < 1.29 is 72.0 Å². The van der Waals surface area contributed by atoms with Crippen molar-refractivity contribution in [3.05, 3.63) is 101 Å². The first kappa shape index (κ1) is 57.2. The van der Waals surface area contributed by atoms with Crippen molar-refractivity contribution in [2.45, 2.75) is 133 Å². The van der Waals surface area contributed by atoms with E-state index >= 15 is 4.79 Å². The number of rotatable bonds is 28. The summed E-state index contributed by atoms with van der Waals surface area (Å²) in [5, 5.41) is 43.3. The van der Waals surface area contributed by atoms with Crippen LogP contribution in [0.3, 0.4) is 0 Å². The summed E-state index contributed by atoms with van der Waals surface area (Å²) >= 11 is 0.953. The third-order valence-corrected chi connectivity index (χ3v) is 13.4. The first-order valence-electron chi connectivity index (χ1n) is 24.0. The highest BCUT2D eigenvalue weighted by Crippen LogP contribution is 2.30. The molecular weight excluding hydrogens is 989 g/mol. The number of nitrogens with zero attached hydrogens (tertiary/aromatic N) is 1. The van der Waals surface area contributed by atoms with Crippen molar-refractivity contribution in [3.8, 4) is 0 Å². The summed E-state index contributed by atoms with van der Waals surface area (Å²) in [6.45, 7) is 1.02. The second kappa shape index (κ2) is 27.9. The van der Waals surface area contributed by atoms with Crippen LogP contribution in [0.2, 0.25) is 0 Å². The number of aliphatic carboxylic acids is 3. The number of thiazole rings is 1. The second-order valence-electron chi connectivity index (χ2n) is 18.0. The maximum Gasteiger partial charge on any atom is 0.305 e. The number of Topliss-reactive ketones (excluding diaryl/α,β-unsaturated/α-hetero) is 1. The van der Waals surface area contributed by atoms with E-state index in [0.717, 1.165) is 37.5 Å². The van der Waals surface area contributed by atoms with E-state index in [1.54, 1.807) is 84.9 Å². The van der Waals surface area contributed by atoms with Crippen LogP contribution in [0.1, 0.15) is 111 Å². The average molecular weight is 1050 g/mol. The molecule has 1 aliphatic carbocycles. The molecule has 1 aliphatic rings. The fourth-order valence-electron chi connectivity index (χ4n) is 8.76. The Kier molecular flexibility index (Phi) is 21.6. The molecule has 0 bridgehead atoms. The number of fused-ring (bicyclic) bond motifs is 1.